The average molecular weight is 184 g/mol. The van der Waals surface area contributed by atoms with E-state index in [-0.39, 0.29) is 6.10 Å². The Morgan fingerprint density at radius 3 is 2.38 bits per heavy atom. The summed E-state index contributed by atoms with van der Waals surface area (Å²) in [6.45, 7) is 0. The summed E-state index contributed by atoms with van der Waals surface area (Å²) in [7, 11) is 1.72. The van der Waals surface area contributed by atoms with Crippen LogP contribution in [0.2, 0.25) is 0 Å². The maximum atomic E-state index is 10.4. The van der Waals surface area contributed by atoms with Crippen LogP contribution in [0.5, 0.6) is 0 Å². The second-order valence-electron chi connectivity index (χ2n) is 3.93. The first kappa shape index (κ1) is 10.7. The molecular weight excluding hydrogens is 164 g/mol. The number of hydrogen-bond donors (Lipinski definition) is 0. The molecule has 0 heterocycles. The van der Waals surface area contributed by atoms with Gasteiger partial charge in [0, 0.05) is 13.5 Å². The number of carbonyl (C=O) groups is 1. The summed E-state index contributed by atoms with van der Waals surface area (Å²) in [6.07, 6.45) is 9.55. The van der Waals surface area contributed by atoms with Crippen LogP contribution in [0.15, 0.2) is 0 Å². The van der Waals surface area contributed by atoms with E-state index in [1.54, 1.807) is 7.11 Å². The molecule has 0 aromatic rings. The van der Waals surface area contributed by atoms with Gasteiger partial charge in [0.25, 0.3) is 0 Å². The van der Waals surface area contributed by atoms with E-state index in [2.05, 4.69) is 0 Å². The normalized spacial score (nSPS) is 22.2. The number of aldehydes is 1. The van der Waals surface area contributed by atoms with Gasteiger partial charge in [0.05, 0.1) is 6.10 Å². The zero-order valence-corrected chi connectivity index (χ0v) is 8.50. The van der Waals surface area contributed by atoms with Crippen LogP contribution >= 0.6 is 0 Å². The molecule has 0 radical (unpaired) electrons. The SMILES string of the molecule is COC(CC=O)C1CCCCCC1. The van der Waals surface area contributed by atoms with Gasteiger partial charge in [-0.25, -0.2) is 0 Å². The van der Waals surface area contributed by atoms with Crippen molar-refractivity contribution in [3.63, 3.8) is 0 Å². The number of methoxy groups -OCH3 is 1. The summed E-state index contributed by atoms with van der Waals surface area (Å²) in [5.41, 5.74) is 0. The van der Waals surface area contributed by atoms with Crippen molar-refractivity contribution in [1.82, 2.24) is 0 Å². The smallest absolute Gasteiger partial charge is 0.122 e. The Hall–Kier alpha value is -0.370. The first-order valence-electron chi connectivity index (χ1n) is 5.35. The van der Waals surface area contributed by atoms with E-state index in [0.29, 0.717) is 12.3 Å². The quantitative estimate of drug-likeness (QED) is 0.496. The van der Waals surface area contributed by atoms with Gasteiger partial charge >= 0.3 is 0 Å². The van der Waals surface area contributed by atoms with Gasteiger partial charge in [-0.3, -0.25) is 0 Å². The molecule has 1 saturated carbocycles. The Morgan fingerprint density at radius 1 is 1.31 bits per heavy atom. The molecule has 1 unspecified atom stereocenters. The predicted molar refractivity (Wildman–Crippen MR) is 52.7 cm³/mol. The van der Waals surface area contributed by atoms with Crippen LogP contribution in [0.3, 0.4) is 0 Å². The molecule has 0 aliphatic heterocycles. The summed E-state index contributed by atoms with van der Waals surface area (Å²) in [6, 6.07) is 0. The van der Waals surface area contributed by atoms with E-state index < -0.39 is 0 Å². The van der Waals surface area contributed by atoms with Gasteiger partial charge in [-0.2, -0.15) is 0 Å². The highest BCUT2D eigenvalue weighted by molar-refractivity contribution is 5.50. The minimum atomic E-state index is 0.176. The molecule has 0 aromatic carbocycles. The zero-order valence-electron chi connectivity index (χ0n) is 8.50. The lowest BCUT2D eigenvalue weighted by Crippen LogP contribution is -2.22. The fraction of sp³-hybridized carbons (Fsp3) is 0.909. The van der Waals surface area contributed by atoms with Crippen LogP contribution in [0, 0.1) is 5.92 Å². The summed E-state index contributed by atoms with van der Waals surface area (Å²) in [4.78, 5) is 10.4. The molecule has 2 heteroatoms. The maximum Gasteiger partial charge on any atom is 0.122 e. The van der Waals surface area contributed by atoms with Gasteiger partial charge in [-0.1, -0.05) is 25.7 Å². The van der Waals surface area contributed by atoms with Crippen LogP contribution in [-0.2, 0) is 9.53 Å². The fourth-order valence-electron chi connectivity index (χ4n) is 2.26. The van der Waals surface area contributed by atoms with E-state index in [0.717, 1.165) is 6.29 Å². The molecular formula is C11H20O2. The third kappa shape index (κ3) is 3.47. The minimum absolute atomic E-state index is 0.176. The van der Waals surface area contributed by atoms with Gasteiger partial charge in [-0.05, 0) is 18.8 Å². The third-order valence-electron chi connectivity index (χ3n) is 3.06. The van der Waals surface area contributed by atoms with Crippen molar-refractivity contribution in [2.45, 2.75) is 51.0 Å². The highest BCUT2D eigenvalue weighted by Crippen LogP contribution is 2.27. The van der Waals surface area contributed by atoms with Crippen molar-refractivity contribution < 1.29 is 9.53 Å². The molecule has 2 nitrogen and oxygen atoms in total. The number of hydrogen-bond acceptors (Lipinski definition) is 2. The molecule has 1 atom stereocenters. The standard InChI is InChI=1S/C11H20O2/c1-13-11(8-9-12)10-6-4-2-3-5-7-10/h9-11H,2-8H2,1H3. The molecule has 1 aliphatic rings. The van der Waals surface area contributed by atoms with Crippen molar-refractivity contribution in [2.24, 2.45) is 5.92 Å². The van der Waals surface area contributed by atoms with Gasteiger partial charge in [0.2, 0.25) is 0 Å². The first-order valence-corrected chi connectivity index (χ1v) is 5.35. The second-order valence-corrected chi connectivity index (χ2v) is 3.93. The van der Waals surface area contributed by atoms with E-state index in [9.17, 15) is 4.79 Å². The summed E-state index contributed by atoms with van der Waals surface area (Å²) < 4.78 is 5.35. The average Bonchev–Trinajstić information content (AvgIpc) is 2.42. The van der Waals surface area contributed by atoms with Gasteiger partial charge in [0.1, 0.15) is 6.29 Å². The van der Waals surface area contributed by atoms with Crippen molar-refractivity contribution in [3.8, 4) is 0 Å². The van der Waals surface area contributed by atoms with Crippen molar-refractivity contribution in [2.75, 3.05) is 7.11 Å². The molecule has 13 heavy (non-hydrogen) atoms. The van der Waals surface area contributed by atoms with E-state index in [1.807, 2.05) is 0 Å². The van der Waals surface area contributed by atoms with Crippen molar-refractivity contribution >= 4 is 6.29 Å². The summed E-state index contributed by atoms with van der Waals surface area (Å²) >= 11 is 0. The third-order valence-corrected chi connectivity index (χ3v) is 3.06. The molecule has 0 N–H and O–H groups in total. The van der Waals surface area contributed by atoms with E-state index >= 15 is 0 Å². The highest BCUT2D eigenvalue weighted by atomic mass is 16.5. The largest absolute Gasteiger partial charge is 0.381 e. The summed E-state index contributed by atoms with van der Waals surface area (Å²) in [5, 5.41) is 0. The minimum Gasteiger partial charge on any atom is -0.381 e. The van der Waals surface area contributed by atoms with Crippen LogP contribution < -0.4 is 0 Å². The van der Waals surface area contributed by atoms with Crippen LogP contribution in [0.25, 0.3) is 0 Å². The van der Waals surface area contributed by atoms with E-state index in [1.165, 1.54) is 38.5 Å². The van der Waals surface area contributed by atoms with Gasteiger partial charge in [-0.15, -0.1) is 0 Å². The topological polar surface area (TPSA) is 26.3 Å². The Labute approximate surface area is 80.7 Å². The lowest BCUT2D eigenvalue weighted by molar-refractivity contribution is -0.111. The monoisotopic (exact) mass is 184 g/mol. The Balaban J connectivity index is 2.39. The van der Waals surface area contributed by atoms with E-state index in [4.69, 9.17) is 4.74 Å². The van der Waals surface area contributed by atoms with Crippen molar-refractivity contribution in [3.05, 3.63) is 0 Å². The van der Waals surface area contributed by atoms with Crippen molar-refractivity contribution in [1.29, 1.82) is 0 Å². The fourth-order valence-corrected chi connectivity index (χ4v) is 2.26. The maximum absolute atomic E-state index is 10.4. The Morgan fingerprint density at radius 2 is 1.92 bits per heavy atom. The van der Waals surface area contributed by atoms with Gasteiger partial charge in [0.15, 0.2) is 0 Å². The molecule has 0 aromatic heterocycles. The molecule has 0 amide bonds. The number of carbonyl (C=O) groups excluding carboxylic acids is 1. The predicted octanol–water partition coefficient (Wildman–Crippen LogP) is 2.56. The molecule has 0 bridgehead atoms. The van der Waals surface area contributed by atoms with Crippen LogP contribution in [-0.4, -0.2) is 19.5 Å². The summed E-state index contributed by atoms with van der Waals surface area (Å²) in [5.74, 6) is 0.623. The molecule has 1 aliphatic carbocycles. The molecule has 76 valence electrons. The Kier molecular flexibility index (Phi) is 5.06. The van der Waals surface area contributed by atoms with Crippen LogP contribution in [0.4, 0.5) is 0 Å². The highest BCUT2D eigenvalue weighted by Gasteiger charge is 2.21. The number of rotatable bonds is 4. The van der Waals surface area contributed by atoms with Crippen LogP contribution in [0.1, 0.15) is 44.9 Å². The lowest BCUT2D eigenvalue weighted by Gasteiger charge is -2.22. The second kappa shape index (κ2) is 6.14. The molecule has 1 rings (SSSR count). The Bertz CT molecular complexity index is 137. The molecule has 0 spiro atoms. The zero-order chi connectivity index (χ0) is 9.52. The van der Waals surface area contributed by atoms with Gasteiger partial charge < -0.3 is 9.53 Å². The number of ether oxygens (including phenoxy) is 1. The lowest BCUT2D eigenvalue weighted by atomic mass is 9.92. The first-order chi connectivity index (χ1) is 6.38. The molecule has 1 fully saturated rings. The molecule has 0 saturated heterocycles.